The highest BCUT2D eigenvalue weighted by Crippen LogP contribution is 2.43. The minimum Gasteiger partial charge on any atom is -0.494 e. The van der Waals surface area contributed by atoms with Crippen LogP contribution in [0, 0.1) is 0 Å². The standard InChI is InChI=1S/C15H17NO3S2/c1-2-19-11-5-7-12(8-6-11)21(17,18)16-14-10-13(14)15-4-3-9-20-15/h3-9,13-14,16H,2,10H2,1H3. The molecule has 1 aromatic carbocycles. The third-order valence-corrected chi connectivity index (χ3v) is 5.96. The zero-order chi connectivity index (χ0) is 14.9. The summed E-state index contributed by atoms with van der Waals surface area (Å²) in [5.74, 6) is 1.00. The number of ether oxygens (including phenoxy) is 1. The first kappa shape index (κ1) is 14.6. The highest BCUT2D eigenvalue weighted by atomic mass is 32.2. The minimum absolute atomic E-state index is 0.0141. The van der Waals surface area contributed by atoms with E-state index in [0.717, 1.165) is 6.42 Å². The second kappa shape index (κ2) is 5.79. The van der Waals surface area contributed by atoms with Crippen molar-refractivity contribution in [1.82, 2.24) is 4.72 Å². The minimum atomic E-state index is -3.45. The molecule has 2 atom stereocenters. The predicted octanol–water partition coefficient (Wildman–Crippen LogP) is 2.98. The van der Waals surface area contributed by atoms with Crippen molar-refractivity contribution in [1.29, 1.82) is 0 Å². The lowest BCUT2D eigenvalue weighted by Gasteiger charge is -2.07. The predicted molar refractivity (Wildman–Crippen MR) is 83.4 cm³/mol. The second-order valence-corrected chi connectivity index (χ2v) is 7.68. The van der Waals surface area contributed by atoms with Gasteiger partial charge in [-0.3, -0.25) is 0 Å². The Kier molecular flexibility index (Phi) is 4.01. The topological polar surface area (TPSA) is 55.4 Å². The first-order valence-corrected chi connectivity index (χ1v) is 9.25. The number of hydrogen-bond acceptors (Lipinski definition) is 4. The average molecular weight is 323 g/mol. The Morgan fingerprint density at radius 3 is 2.67 bits per heavy atom. The summed E-state index contributed by atoms with van der Waals surface area (Å²) < 4.78 is 32.7. The van der Waals surface area contributed by atoms with Gasteiger partial charge < -0.3 is 4.74 Å². The van der Waals surface area contributed by atoms with Gasteiger partial charge in [-0.05, 0) is 49.1 Å². The van der Waals surface area contributed by atoms with Gasteiger partial charge in [-0.2, -0.15) is 0 Å². The summed E-state index contributed by atoms with van der Waals surface area (Å²) in [6, 6.07) is 10.6. The van der Waals surface area contributed by atoms with Crippen LogP contribution in [0.1, 0.15) is 24.1 Å². The van der Waals surface area contributed by atoms with Crippen molar-refractivity contribution < 1.29 is 13.2 Å². The molecule has 6 heteroatoms. The Morgan fingerprint density at radius 2 is 2.05 bits per heavy atom. The highest BCUT2D eigenvalue weighted by molar-refractivity contribution is 7.89. The van der Waals surface area contributed by atoms with E-state index in [2.05, 4.69) is 10.8 Å². The summed E-state index contributed by atoms with van der Waals surface area (Å²) in [5.41, 5.74) is 0. The first-order valence-electron chi connectivity index (χ1n) is 6.89. The SMILES string of the molecule is CCOc1ccc(S(=O)(=O)NC2CC2c2cccs2)cc1. The molecule has 0 bridgehead atoms. The molecular formula is C15H17NO3S2. The third kappa shape index (κ3) is 3.28. The van der Waals surface area contributed by atoms with Gasteiger partial charge in [0, 0.05) is 16.8 Å². The van der Waals surface area contributed by atoms with Gasteiger partial charge in [0.25, 0.3) is 0 Å². The van der Waals surface area contributed by atoms with E-state index in [-0.39, 0.29) is 10.9 Å². The molecule has 21 heavy (non-hydrogen) atoms. The Bertz CT molecular complexity index is 693. The van der Waals surface area contributed by atoms with Gasteiger partial charge in [0.15, 0.2) is 0 Å². The number of rotatable bonds is 6. The molecule has 3 rings (SSSR count). The fraction of sp³-hybridized carbons (Fsp3) is 0.333. The number of nitrogens with one attached hydrogen (secondary N) is 1. The molecule has 1 heterocycles. The number of thiophene rings is 1. The molecule has 0 aliphatic heterocycles. The van der Waals surface area contributed by atoms with Gasteiger partial charge in [-0.1, -0.05) is 6.07 Å². The smallest absolute Gasteiger partial charge is 0.240 e. The quantitative estimate of drug-likeness (QED) is 0.889. The van der Waals surface area contributed by atoms with Gasteiger partial charge >= 0.3 is 0 Å². The number of sulfonamides is 1. The lowest BCUT2D eigenvalue weighted by molar-refractivity contribution is 0.340. The average Bonchev–Trinajstić information content (AvgIpc) is 3.00. The van der Waals surface area contributed by atoms with Crippen LogP contribution in [0.3, 0.4) is 0 Å². The van der Waals surface area contributed by atoms with E-state index in [1.807, 2.05) is 18.4 Å². The molecule has 4 nitrogen and oxygen atoms in total. The summed E-state index contributed by atoms with van der Waals surface area (Å²) in [4.78, 5) is 1.53. The van der Waals surface area contributed by atoms with Crippen LogP contribution in [0.5, 0.6) is 5.75 Å². The van der Waals surface area contributed by atoms with Crippen LogP contribution in [-0.4, -0.2) is 21.1 Å². The Labute approximate surface area is 128 Å². The van der Waals surface area contributed by atoms with Gasteiger partial charge in [-0.15, -0.1) is 11.3 Å². The maximum atomic E-state index is 12.3. The molecule has 112 valence electrons. The molecule has 1 aliphatic carbocycles. The maximum Gasteiger partial charge on any atom is 0.240 e. The van der Waals surface area contributed by atoms with Crippen LogP contribution in [0.2, 0.25) is 0 Å². The van der Waals surface area contributed by atoms with E-state index in [1.54, 1.807) is 35.6 Å². The van der Waals surface area contributed by atoms with Crippen LogP contribution >= 0.6 is 11.3 Å². The van der Waals surface area contributed by atoms with E-state index in [0.29, 0.717) is 18.3 Å². The molecule has 1 N–H and O–H groups in total. The third-order valence-electron chi connectivity index (χ3n) is 3.45. The normalized spacial score (nSPS) is 21.2. The molecule has 1 aliphatic rings. The summed E-state index contributed by atoms with van der Waals surface area (Å²) in [6.07, 6.45) is 0.872. The van der Waals surface area contributed by atoms with E-state index in [4.69, 9.17) is 4.74 Å². The zero-order valence-corrected chi connectivity index (χ0v) is 13.3. The summed E-state index contributed by atoms with van der Waals surface area (Å²) in [5, 5.41) is 2.02. The van der Waals surface area contributed by atoms with Crippen LogP contribution in [0.4, 0.5) is 0 Å². The van der Waals surface area contributed by atoms with Gasteiger partial charge in [0.2, 0.25) is 10.0 Å². The molecule has 1 fully saturated rings. The highest BCUT2D eigenvalue weighted by Gasteiger charge is 2.41. The summed E-state index contributed by atoms with van der Waals surface area (Å²) in [7, 11) is -3.45. The molecule has 0 saturated heterocycles. The Balaban J connectivity index is 1.67. The van der Waals surface area contributed by atoms with Crippen molar-refractivity contribution in [2.75, 3.05) is 6.61 Å². The van der Waals surface area contributed by atoms with Gasteiger partial charge in [0.1, 0.15) is 5.75 Å². The fourth-order valence-corrected chi connectivity index (χ4v) is 4.49. The second-order valence-electron chi connectivity index (χ2n) is 4.99. The summed E-state index contributed by atoms with van der Waals surface area (Å²) in [6.45, 7) is 2.46. The molecule has 0 radical (unpaired) electrons. The Hall–Kier alpha value is -1.37. The number of hydrogen-bond donors (Lipinski definition) is 1. The monoisotopic (exact) mass is 323 g/mol. The van der Waals surface area contributed by atoms with Crippen molar-refractivity contribution in [2.45, 2.75) is 30.2 Å². The maximum absolute atomic E-state index is 12.3. The number of benzene rings is 1. The molecule has 1 saturated carbocycles. The van der Waals surface area contributed by atoms with Crippen molar-refractivity contribution >= 4 is 21.4 Å². The first-order chi connectivity index (χ1) is 10.1. The van der Waals surface area contributed by atoms with Gasteiger partial charge in [-0.25, -0.2) is 13.1 Å². The van der Waals surface area contributed by atoms with Crippen molar-refractivity contribution in [2.24, 2.45) is 0 Å². The molecule has 2 unspecified atom stereocenters. The van der Waals surface area contributed by atoms with Crippen molar-refractivity contribution in [3.8, 4) is 5.75 Å². The van der Waals surface area contributed by atoms with Crippen LogP contribution in [0.25, 0.3) is 0 Å². The van der Waals surface area contributed by atoms with E-state index < -0.39 is 10.0 Å². The zero-order valence-electron chi connectivity index (χ0n) is 11.7. The molecule has 0 spiro atoms. The largest absolute Gasteiger partial charge is 0.494 e. The van der Waals surface area contributed by atoms with E-state index in [9.17, 15) is 8.42 Å². The Morgan fingerprint density at radius 1 is 1.29 bits per heavy atom. The van der Waals surface area contributed by atoms with Crippen molar-refractivity contribution in [3.63, 3.8) is 0 Å². The van der Waals surface area contributed by atoms with Crippen LogP contribution in [0.15, 0.2) is 46.7 Å². The summed E-state index contributed by atoms with van der Waals surface area (Å²) >= 11 is 1.68. The molecular weight excluding hydrogens is 306 g/mol. The van der Waals surface area contributed by atoms with Crippen molar-refractivity contribution in [3.05, 3.63) is 46.7 Å². The van der Waals surface area contributed by atoms with Crippen LogP contribution < -0.4 is 9.46 Å². The molecule has 1 aromatic heterocycles. The molecule has 0 amide bonds. The molecule has 2 aromatic rings. The lowest BCUT2D eigenvalue weighted by atomic mass is 10.3. The van der Waals surface area contributed by atoms with Crippen LogP contribution in [-0.2, 0) is 10.0 Å². The van der Waals surface area contributed by atoms with Gasteiger partial charge in [0.05, 0.1) is 11.5 Å². The van der Waals surface area contributed by atoms with E-state index in [1.165, 1.54) is 4.88 Å². The van der Waals surface area contributed by atoms with E-state index >= 15 is 0 Å². The lowest BCUT2D eigenvalue weighted by Crippen LogP contribution is -2.26. The fourth-order valence-electron chi connectivity index (χ4n) is 2.29.